The fourth-order valence-electron chi connectivity index (χ4n) is 2.59. The highest BCUT2D eigenvalue weighted by Gasteiger charge is 2.79. The monoisotopic (exact) mass is 288 g/mol. The van der Waals surface area contributed by atoms with E-state index in [0.717, 1.165) is 28.4 Å². The van der Waals surface area contributed by atoms with Gasteiger partial charge < -0.3 is 18.9 Å². The van der Waals surface area contributed by atoms with Gasteiger partial charge in [-0.15, -0.1) is 0 Å². The van der Waals surface area contributed by atoms with E-state index in [4.69, 9.17) is 0 Å². The molecule has 0 aromatic carbocycles. The maximum absolute atomic E-state index is 12.0. The summed E-state index contributed by atoms with van der Waals surface area (Å²) in [6.07, 6.45) is -0.146. The number of carbonyl (C=O) groups is 4. The molecule has 0 atom stereocenters. The number of hydrogen-bond donors (Lipinski definition) is 0. The van der Waals surface area contributed by atoms with Gasteiger partial charge in [-0.3, -0.25) is 19.2 Å². The maximum Gasteiger partial charge on any atom is 0.325 e. The van der Waals surface area contributed by atoms with Crippen LogP contribution in [0.1, 0.15) is 12.8 Å². The van der Waals surface area contributed by atoms with Gasteiger partial charge in [0.1, 0.15) is 0 Å². The molecule has 1 fully saturated rings. The molecule has 1 rings (SSSR count). The summed E-state index contributed by atoms with van der Waals surface area (Å²) < 4.78 is 18.3. The summed E-state index contributed by atoms with van der Waals surface area (Å²) in [5.41, 5.74) is -4.15. The highest BCUT2D eigenvalue weighted by molar-refractivity contribution is 6.16. The minimum absolute atomic E-state index is 0.0729. The van der Waals surface area contributed by atoms with E-state index in [-0.39, 0.29) is 12.8 Å². The minimum atomic E-state index is -2.07. The van der Waals surface area contributed by atoms with E-state index >= 15 is 0 Å². The van der Waals surface area contributed by atoms with Gasteiger partial charge in [0.25, 0.3) is 0 Å². The van der Waals surface area contributed by atoms with Crippen molar-refractivity contribution in [2.45, 2.75) is 12.8 Å². The Bertz CT molecular complexity index is 378. The van der Waals surface area contributed by atoms with Crippen LogP contribution < -0.4 is 0 Å². The van der Waals surface area contributed by atoms with Crippen molar-refractivity contribution < 1.29 is 38.1 Å². The van der Waals surface area contributed by atoms with Crippen molar-refractivity contribution >= 4 is 23.9 Å². The highest BCUT2D eigenvalue weighted by Crippen LogP contribution is 2.59. The second-order valence-corrected chi connectivity index (χ2v) is 4.28. The molecule has 8 nitrogen and oxygen atoms in total. The Morgan fingerprint density at radius 1 is 0.600 bits per heavy atom. The summed E-state index contributed by atoms with van der Waals surface area (Å²) in [5, 5.41) is 0. The number of methoxy groups -OCH3 is 4. The van der Waals surface area contributed by atoms with Crippen LogP contribution in [0, 0.1) is 10.8 Å². The smallest absolute Gasteiger partial charge is 0.325 e. The molecule has 8 heteroatoms. The molecule has 0 aromatic rings. The third-order valence-electron chi connectivity index (χ3n) is 3.74. The van der Waals surface area contributed by atoms with Gasteiger partial charge in [-0.2, -0.15) is 0 Å². The Balaban J connectivity index is 3.50. The number of carbonyl (C=O) groups excluding carboxylic acids is 4. The van der Waals surface area contributed by atoms with E-state index in [1.807, 2.05) is 0 Å². The Morgan fingerprint density at radius 2 is 0.800 bits per heavy atom. The van der Waals surface area contributed by atoms with Gasteiger partial charge in [0.05, 0.1) is 28.4 Å². The summed E-state index contributed by atoms with van der Waals surface area (Å²) in [6.45, 7) is 0. The first-order valence-electron chi connectivity index (χ1n) is 5.72. The molecule has 0 unspecified atom stereocenters. The summed E-state index contributed by atoms with van der Waals surface area (Å²) in [6, 6.07) is 0. The predicted molar refractivity (Wildman–Crippen MR) is 62.2 cm³/mol. The van der Waals surface area contributed by atoms with Crippen molar-refractivity contribution in [2.24, 2.45) is 10.8 Å². The summed E-state index contributed by atoms with van der Waals surface area (Å²) in [7, 11) is 4.19. The maximum atomic E-state index is 12.0. The van der Waals surface area contributed by atoms with Crippen LogP contribution in [-0.2, 0) is 38.1 Å². The van der Waals surface area contributed by atoms with E-state index in [0.29, 0.717) is 0 Å². The lowest BCUT2D eigenvalue weighted by molar-refractivity contribution is -0.216. The van der Waals surface area contributed by atoms with Crippen LogP contribution in [0.5, 0.6) is 0 Å². The van der Waals surface area contributed by atoms with E-state index in [9.17, 15) is 19.2 Å². The Kier molecular flexibility index (Phi) is 4.36. The molecule has 0 aliphatic heterocycles. The van der Waals surface area contributed by atoms with Crippen molar-refractivity contribution in [3.63, 3.8) is 0 Å². The Hall–Kier alpha value is -2.12. The van der Waals surface area contributed by atoms with Crippen LogP contribution >= 0.6 is 0 Å². The average molecular weight is 288 g/mol. The standard InChI is InChI=1S/C12H16O8/c1-17-7(13)11(8(14)18-2)5-6-12(11,9(15)19-3)10(16)20-4/h5-6H2,1-4H3. The summed E-state index contributed by atoms with van der Waals surface area (Å²) in [4.78, 5) is 48.1. The number of hydrogen-bond acceptors (Lipinski definition) is 8. The van der Waals surface area contributed by atoms with Gasteiger partial charge in [-0.05, 0) is 12.8 Å². The SMILES string of the molecule is COC(=O)C1(C(=O)OC)CCC1(C(=O)OC)C(=O)OC. The normalized spacial score (nSPS) is 18.2. The zero-order valence-electron chi connectivity index (χ0n) is 11.7. The van der Waals surface area contributed by atoms with Crippen molar-refractivity contribution in [3.05, 3.63) is 0 Å². The van der Waals surface area contributed by atoms with Crippen LogP contribution in [0.15, 0.2) is 0 Å². The largest absolute Gasteiger partial charge is 0.468 e. The molecule has 112 valence electrons. The van der Waals surface area contributed by atoms with Crippen LogP contribution in [0.2, 0.25) is 0 Å². The fourth-order valence-corrected chi connectivity index (χ4v) is 2.59. The second-order valence-electron chi connectivity index (χ2n) is 4.28. The molecule has 0 aromatic heterocycles. The van der Waals surface area contributed by atoms with Gasteiger partial charge in [-0.25, -0.2) is 0 Å². The minimum Gasteiger partial charge on any atom is -0.468 e. The highest BCUT2D eigenvalue weighted by atomic mass is 16.6. The van der Waals surface area contributed by atoms with E-state index in [1.54, 1.807) is 0 Å². The molecule has 0 amide bonds. The van der Waals surface area contributed by atoms with Gasteiger partial charge in [0.2, 0.25) is 0 Å². The van der Waals surface area contributed by atoms with Crippen molar-refractivity contribution in [3.8, 4) is 0 Å². The Morgan fingerprint density at radius 3 is 0.900 bits per heavy atom. The molecular weight excluding hydrogens is 272 g/mol. The third-order valence-corrected chi connectivity index (χ3v) is 3.74. The number of rotatable bonds is 4. The molecule has 1 saturated carbocycles. The van der Waals surface area contributed by atoms with E-state index < -0.39 is 34.7 Å². The first-order chi connectivity index (χ1) is 9.38. The lowest BCUT2D eigenvalue weighted by atomic mass is 9.48. The van der Waals surface area contributed by atoms with Crippen LogP contribution in [0.25, 0.3) is 0 Å². The van der Waals surface area contributed by atoms with Gasteiger partial charge in [-0.1, -0.05) is 0 Å². The molecule has 0 radical (unpaired) electrons. The number of ether oxygens (including phenoxy) is 4. The predicted octanol–water partition coefficient (Wildman–Crippen LogP) is -0.555. The molecule has 0 bridgehead atoms. The molecule has 1 aliphatic rings. The van der Waals surface area contributed by atoms with Gasteiger partial charge in [0.15, 0.2) is 10.8 Å². The van der Waals surface area contributed by atoms with Crippen molar-refractivity contribution in [1.29, 1.82) is 0 Å². The van der Waals surface area contributed by atoms with E-state index in [1.165, 1.54) is 0 Å². The Labute approximate surface area is 115 Å². The molecule has 0 spiro atoms. The number of esters is 4. The molecule has 20 heavy (non-hydrogen) atoms. The topological polar surface area (TPSA) is 105 Å². The first kappa shape index (κ1) is 15.9. The molecule has 0 saturated heterocycles. The molecule has 1 aliphatic carbocycles. The molecule has 0 N–H and O–H groups in total. The fraction of sp³-hybridized carbons (Fsp3) is 0.667. The van der Waals surface area contributed by atoms with E-state index in [2.05, 4.69) is 18.9 Å². The second kappa shape index (κ2) is 5.48. The zero-order valence-corrected chi connectivity index (χ0v) is 11.7. The van der Waals surface area contributed by atoms with Crippen LogP contribution in [0.3, 0.4) is 0 Å². The average Bonchev–Trinajstić information content (AvgIpc) is 2.45. The summed E-state index contributed by atoms with van der Waals surface area (Å²) >= 11 is 0. The first-order valence-corrected chi connectivity index (χ1v) is 5.72. The lowest BCUT2D eigenvalue weighted by Crippen LogP contribution is -2.68. The summed E-state index contributed by atoms with van der Waals surface area (Å²) in [5.74, 6) is -4.14. The van der Waals surface area contributed by atoms with Crippen LogP contribution in [0.4, 0.5) is 0 Å². The van der Waals surface area contributed by atoms with Crippen molar-refractivity contribution in [1.82, 2.24) is 0 Å². The molecule has 0 heterocycles. The van der Waals surface area contributed by atoms with Gasteiger partial charge in [0, 0.05) is 0 Å². The zero-order chi connectivity index (χ0) is 15.6. The van der Waals surface area contributed by atoms with Crippen molar-refractivity contribution in [2.75, 3.05) is 28.4 Å². The van der Waals surface area contributed by atoms with Gasteiger partial charge >= 0.3 is 23.9 Å². The van der Waals surface area contributed by atoms with Crippen LogP contribution in [-0.4, -0.2) is 52.3 Å². The third kappa shape index (κ3) is 1.67. The molecular formula is C12H16O8. The quantitative estimate of drug-likeness (QED) is 0.385. The lowest BCUT2D eigenvalue weighted by Gasteiger charge is -2.49.